The van der Waals surface area contributed by atoms with Crippen molar-refractivity contribution < 1.29 is 9.21 Å². The van der Waals surface area contributed by atoms with Crippen molar-refractivity contribution in [3.05, 3.63) is 78.6 Å². The van der Waals surface area contributed by atoms with Crippen molar-refractivity contribution in [3.63, 3.8) is 0 Å². The maximum absolute atomic E-state index is 12.0. The average molecular weight is 277 g/mol. The second-order valence-electron chi connectivity index (χ2n) is 4.77. The molecular formula is C18H15NO2. The first-order valence-corrected chi connectivity index (χ1v) is 6.79. The van der Waals surface area contributed by atoms with Gasteiger partial charge in [0.2, 0.25) is 5.91 Å². The molecule has 1 heterocycles. The summed E-state index contributed by atoms with van der Waals surface area (Å²) in [7, 11) is 0. The van der Waals surface area contributed by atoms with Crippen molar-refractivity contribution in [2.75, 3.05) is 5.32 Å². The summed E-state index contributed by atoms with van der Waals surface area (Å²) in [5.74, 6) is 0.756. The molecule has 3 heteroatoms. The third-order valence-corrected chi connectivity index (χ3v) is 3.16. The van der Waals surface area contributed by atoms with E-state index in [1.165, 1.54) is 0 Å². The Labute approximate surface area is 123 Å². The molecular weight excluding hydrogens is 262 g/mol. The molecule has 0 atom stereocenters. The monoisotopic (exact) mass is 277 g/mol. The van der Waals surface area contributed by atoms with Crippen molar-refractivity contribution in [3.8, 4) is 11.3 Å². The summed E-state index contributed by atoms with van der Waals surface area (Å²) in [6, 6.07) is 21.0. The summed E-state index contributed by atoms with van der Waals surface area (Å²) >= 11 is 0. The summed E-state index contributed by atoms with van der Waals surface area (Å²) in [6.07, 6.45) is 2.00. The number of amides is 1. The Balaban J connectivity index is 1.70. The summed E-state index contributed by atoms with van der Waals surface area (Å²) in [4.78, 5) is 12.0. The van der Waals surface area contributed by atoms with E-state index in [0.29, 0.717) is 6.42 Å². The number of carbonyl (C=O) groups excluding carboxylic acids is 1. The highest BCUT2D eigenvalue weighted by atomic mass is 16.3. The standard InChI is InChI=1S/C18H15NO2/c20-18(12-14-6-2-1-3-7-14)19-16-9-4-8-15(13-16)17-10-5-11-21-17/h1-11,13H,12H2,(H,19,20). The second kappa shape index (κ2) is 6.09. The van der Waals surface area contributed by atoms with Crippen molar-refractivity contribution in [1.29, 1.82) is 0 Å². The zero-order valence-corrected chi connectivity index (χ0v) is 11.5. The molecule has 0 unspecified atom stereocenters. The Morgan fingerprint density at radius 3 is 2.57 bits per heavy atom. The lowest BCUT2D eigenvalue weighted by Crippen LogP contribution is -2.14. The van der Waals surface area contributed by atoms with Gasteiger partial charge < -0.3 is 9.73 Å². The maximum atomic E-state index is 12.0. The Kier molecular flexibility index (Phi) is 3.83. The number of hydrogen-bond acceptors (Lipinski definition) is 2. The van der Waals surface area contributed by atoms with Gasteiger partial charge in [-0.15, -0.1) is 0 Å². The lowest BCUT2D eigenvalue weighted by molar-refractivity contribution is -0.115. The molecule has 2 aromatic carbocycles. The SMILES string of the molecule is O=C(Cc1ccccc1)Nc1cccc(-c2ccco2)c1. The molecule has 0 aliphatic heterocycles. The van der Waals surface area contributed by atoms with Crippen molar-refractivity contribution >= 4 is 11.6 Å². The number of carbonyl (C=O) groups is 1. The van der Waals surface area contributed by atoms with Gasteiger partial charge >= 0.3 is 0 Å². The fraction of sp³-hybridized carbons (Fsp3) is 0.0556. The zero-order chi connectivity index (χ0) is 14.5. The summed E-state index contributed by atoms with van der Waals surface area (Å²) in [5, 5.41) is 2.91. The van der Waals surface area contributed by atoms with Crippen LogP contribution in [0.4, 0.5) is 5.69 Å². The average Bonchev–Trinajstić information content (AvgIpc) is 3.02. The van der Waals surface area contributed by atoms with Crippen LogP contribution in [-0.2, 0) is 11.2 Å². The fourth-order valence-corrected chi connectivity index (χ4v) is 2.18. The van der Waals surface area contributed by atoms with E-state index in [1.54, 1.807) is 6.26 Å². The van der Waals surface area contributed by atoms with Gasteiger partial charge in [-0.1, -0.05) is 42.5 Å². The Hall–Kier alpha value is -2.81. The van der Waals surface area contributed by atoms with Gasteiger partial charge in [-0.3, -0.25) is 4.79 Å². The molecule has 3 nitrogen and oxygen atoms in total. The van der Waals surface area contributed by atoms with Crippen molar-refractivity contribution in [2.24, 2.45) is 0 Å². The zero-order valence-electron chi connectivity index (χ0n) is 11.5. The molecule has 1 aromatic heterocycles. The van der Waals surface area contributed by atoms with Crippen LogP contribution in [0.5, 0.6) is 0 Å². The lowest BCUT2D eigenvalue weighted by Gasteiger charge is -2.06. The minimum Gasteiger partial charge on any atom is -0.464 e. The van der Waals surface area contributed by atoms with E-state index >= 15 is 0 Å². The minimum absolute atomic E-state index is 0.0298. The van der Waals surface area contributed by atoms with Gasteiger partial charge in [-0.05, 0) is 29.8 Å². The van der Waals surface area contributed by atoms with E-state index in [9.17, 15) is 4.79 Å². The molecule has 0 saturated carbocycles. The number of anilines is 1. The van der Waals surface area contributed by atoms with E-state index in [1.807, 2.05) is 66.7 Å². The largest absolute Gasteiger partial charge is 0.464 e. The molecule has 0 bridgehead atoms. The van der Waals surface area contributed by atoms with E-state index in [4.69, 9.17) is 4.42 Å². The molecule has 1 amide bonds. The molecule has 3 rings (SSSR count). The highest BCUT2D eigenvalue weighted by Crippen LogP contribution is 2.23. The van der Waals surface area contributed by atoms with Gasteiger partial charge in [0.15, 0.2) is 0 Å². The second-order valence-corrected chi connectivity index (χ2v) is 4.77. The van der Waals surface area contributed by atoms with Crippen LogP contribution in [0.3, 0.4) is 0 Å². The smallest absolute Gasteiger partial charge is 0.228 e. The van der Waals surface area contributed by atoms with Crippen LogP contribution in [0, 0.1) is 0 Å². The Bertz CT molecular complexity index is 718. The number of benzene rings is 2. The molecule has 0 radical (unpaired) electrons. The molecule has 0 saturated heterocycles. The molecule has 3 aromatic rings. The molecule has 0 aliphatic rings. The van der Waals surface area contributed by atoms with Gasteiger partial charge in [0.1, 0.15) is 5.76 Å². The molecule has 21 heavy (non-hydrogen) atoms. The van der Waals surface area contributed by atoms with Crippen LogP contribution in [0.15, 0.2) is 77.4 Å². The van der Waals surface area contributed by atoms with Crippen molar-refractivity contribution in [2.45, 2.75) is 6.42 Å². The van der Waals surface area contributed by atoms with E-state index in [-0.39, 0.29) is 5.91 Å². The Morgan fingerprint density at radius 1 is 0.952 bits per heavy atom. The van der Waals surface area contributed by atoms with Crippen LogP contribution >= 0.6 is 0 Å². The van der Waals surface area contributed by atoms with E-state index < -0.39 is 0 Å². The highest BCUT2D eigenvalue weighted by Gasteiger charge is 2.06. The van der Waals surface area contributed by atoms with Crippen molar-refractivity contribution in [1.82, 2.24) is 0 Å². The normalized spacial score (nSPS) is 10.3. The number of nitrogens with one attached hydrogen (secondary N) is 1. The summed E-state index contributed by atoms with van der Waals surface area (Å²) in [5.41, 5.74) is 2.71. The minimum atomic E-state index is -0.0298. The first-order valence-electron chi connectivity index (χ1n) is 6.79. The van der Waals surface area contributed by atoms with Crippen LogP contribution < -0.4 is 5.32 Å². The number of furan rings is 1. The molecule has 0 aliphatic carbocycles. The number of hydrogen-bond donors (Lipinski definition) is 1. The highest BCUT2D eigenvalue weighted by molar-refractivity contribution is 5.92. The van der Waals surface area contributed by atoms with Crippen LogP contribution in [-0.4, -0.2) is 5.91 Å². The number of rotatable bonds is 4. The first-order chi connectivity index (χ1) is 10.3. The summed E-state index contributed by atoms with van der Waals surface area (Å²) < 4.78 is 5.36. The van der Waals surface area contributed by atoms with Gasteiger partial charge in [0, 0.05) is 11.3 Å². The van der Waals surface area contributed by atoms with Crippen LogP contribution in [0.1, 0.15) is 5.56 Å². The first kappa shape index (κ1) is 13.2. The predicted octanol–water partition coefficient (Wildman–Crippen LogP) is 4.13. The quantitative estimate of drug-likeness (QED) is 0.779. The van der Waals surface area contributed by atoms with Gasteiger partial charge in [-0.2, -0.15) is 0 Å². The third-order valence-electron chi connectivity index (χ3n) is 3.16. The third kappa shape index (κ3) is 3.39. The molecule has 0 fully saturated rings. The van der Waals surface area contributed by atoms with Gasteiger partial charge in [-0.25, -0.2) is 0 Å². The summed E-state index contributed by atoms with van der Waals surface area (Å²) in [6.45, 7) is 0. The maximum Gasteiger partial charge on any atom is 0.228 e. The molecule has 0 spiro atoms. The topological polar surface area (TPSA) is 42.2 Å². The predicted molar refractivity (Wildman–Crippen MR) is 82.9 cm³/mol. The van der Waals surface area contributed by atoms with Crippen LogP contribution in [0.25, 0.3) is 11.3 Å². The van der Waals surface area contributed by atoms with E-state index in [2.05, 4.69) is 5.32 Å². The van der Waals surface area contributed by atoms with Gasteiger partial charge in [0.05, 0.1) is 12.7 Å². The van der Waals surface area contributed by atoms with Gasteiger partial charge in [0.25, 0.3) is 0 Å². The van der Waals surface area contributed by atoms with E-state index in [0.717, 1.165) is 22.6 Å². The fourth-order valence-electron chi connectivity index (χ4n) is 2.18. The molecule has 1 N–H and O–H groups in total. The lowest BCUT2D eigenvalue weighted by atomic mass is 10.1. The Morgan fingerprint density at radius 2 is 1.81 bits per heavy atom. The molecule has 104 valence electrons. The van der Waals surface area contributed by atoms with Crippen LogP contribution in [0.2, 0.25) is 0 Å².